The van der Waals surface area contributed by atoms with Gasteiger partial charge in [-0.1, -0.05) is 12.1 Å². The van der Waals surface area contributed by atoms with Crippen LogP contribution in [-0.2, 0) is 0 Å². The van der Waals surface area contributed by atoms with E-state index in [0.29, 0.717) is 4.88 Å². The third-order valence-corrected chi connectivity index (χ3v) is 5.72. The SMILES string of the molecule is Cc1nc(-c2ccsc2)sc1C(=O)Nc1ccccc1I. The Morgan fingerprint density at radius 3 is 2.81 bits per heavy atom. The zero-order chi connectivity index (χ0) is 14.8. The van der Waals surface area contributed by atoms with Crippen LogP contribution in [0.4, 0.5) is 5.69 Å². The fourth-order valence-corrected chi connectivity index (χ4v) is 4.05. The van der Waals surface area contributed by atoms with E-state index in [2.05, 4.69) is 32.9 Å². The minimum Gasteiger partial charge on any atom is -0.320 e. The molecule has 0 saturated carbocycles. The van der Waals surface area contributed by atoms with Crippen LogP contribution >= 0.6 is 45.3 Å². The Bertz CT molecular complexity index is 781. The molecule has 0 aliphatic heterocycles. The van der Waals surface area contributed by atoms with Crippen LogP contribution in [-0.4, -0.2) is 10.9 Å². The topological polar surface area (TPSA) is 42.0 Å². The Morgan fingerprint density at radius 1 is 1.29 bits per heavy atom. The first-order chi connectivity index (χ1) is 10.1. The van der Waals surface area contributed by atoms with Crippen molar-refractivity contribution in [2.45, 2.75) is 6.92 Å². The van der Waals surface area contributed by atoms with Gasteiger partial charge in [0.1, 0.15) is 9.88 Å². The highest BCUT2D eigenvalue weighted by Gasteiger charge is 2.17. The number of nitrogens with zero attached hydrogens (tertiary/aromatic N) is 1. The molecule has 0 aliphatic rings. The van der Waals surface area contributed by atoms with Crippen LogP contribution in [0, 0.1) is 10.5 Å². The highest BCUT2D eigenvalue weighted by molar-refractivity contribution is 14.1. The van der Waals surface area contributed by atoms with Crippen LogP contribution < -0.4 is 5.32 Å². The van der Waals surface area contributed by atoms with Crippen LogP contribution in [0.1, 0.15) is 15.4 Å². The molecule has 3 aromatic rings. The van der Waals surface area contributed by atoms with E-state index in [1.807, 2.05) is 48.0 Å². The van der Waals surface area contributed by atoms with E-state index in [0.717, 1.165) is 25.5 Å². The Labute approximate surface area is 144 Å². The number of rotatable bonds is 3. The molecule has 2 aromatic heterocycles. The Balaban J connectivity index is 1.87. The van der Waals surface area contributed by atoms with Crippen molar-refractivity contribution in [2.75, 3.05) is 5.32 Å². The maximum absolute atomic E-state index is 12.4. The van der Waals surface area contributed by atoms with Gasteiger partial charge in [0.2, 0.25) is 0 Å². The summed E-state index contributed by atoms with van der Waals surface area (Å²) in [5.74, 6) is -0.101. The van der Waals surface area contributed by atoms with E-state index in [9.17, 15) is 4.79 Å². The number of para-hydroxylation sites is 1. The molecule has 0 saturated heterocycles. The molecule has 0 unspecified atom stereocenters. The molecule has 1 amide bonds. The molecule has 0 aliphatic carbocycles. The lowest BCUT2D eigenvalue weighted by molar-refractivity contribution is 0.102. The van der Waals surface area contributed by atoms with Crippen molar-refractivity contribution in [1.29, 1.82) is 0 Å². The van der Waals surface area contributed by atoms with Gasteiger partial charge in [-0.15, -0.1) is 11.3 Å². The summed E-state index contributed by atoms with van der Waals surface area (Å²) < 4.78 is 1.02. The lowest BCUT2D eigenvalue weighted by Gasteiger charge is -2.05. The van der Waals surface area contributed by atoms with Gasteiger partial charge in [0.05, 0.1) is 11.4 Å². The van der Waals surface area contributed by atoms with E-state index >= 15 is 0 Å². The first-order valence-electron chi connectivity index (χ1n) is 6.21. The van der Waals surface area contributed by atoms with E-state index in [4.69, 9.17) is 0 Å². The summed E-state index contributed by atoms with van der Waals surface area (Å²) in [7, 11) is 0. The number of anilines is 1. The summed E-state index contributed by atoms with van der Waals surface area (Å²) in [5.41, 5.74) is 2.67. The predicted octanol–water partition coefficient (Wildman–Crippen LogP) is 5.04. The monoisotopic (exact) mass is 426 g/mol. The van der Waals surface area contributed by atoms with Gasteiger partial charge >= 0.3 is 0 Å². The number of amides is 1. The molecule has 2 heterocycles. The number of thiophene rings is 1. The van der Waals surface area contributed by atoms with Crippen molar-refractivity contribution in [3.8, 4) is 10.6 Å². The first-order valence-corrected chi connectivity index (χ1v) is 9.05. The highest BCUT2D eigenvalue weighted by Crippen LogP contribution is 2.30. The van der Waals surface area contributed by atoms with Crippen LogP contribution in [0.2, 0.25) is 0 Å². The van der Waals surface area contributed by atoms with Crippen LogP contribution in [0.15, 0.2) is 41.1 Å². The number of halogens is 1. The summed E-state index contributed by atoms with van der Waals surface area (Å²) in [6.07, 6.45) is 0. The molecule has 1 aromatic carbocycles. The van der Waals surface area contributed by atoms with Crippen molar-refractivity contribution < 1.29 is 4.79 Å². The van der Waals surface area contributed by atoms with Gasteiger partial charge in [-0.25, -0.2) is 4.98 Å². The Kier molecular flexibility index (Phi) is 4.37. The number of thiazole rings is 1. The standard InChI is InChI=1S/C15H11IN2OS2/c1-9-13(21-15(17-9)10-6-7-20-8-10)14(19)18-12-5-3-2-4-11(12)16/h2-8H,1H3,(H,18,19). The van der Waals surface area contributed by atoms with Crippen molar-refractivity contribution in [1.82, 2.24) is 4.98 Å². The van der Waals surface area contributed by atoms with Gasteiger partial charge < -0.3 is 5.32 Å². The molecule has 0 bridgehead atoms. The second-order valence-electron chi connectivity index (χ2n) is 4.38. The number of hydrogen-bond donors (Lipinski definition) is 1. The van der Waals surface area contributed by atoms with Crippen molar-refractivity contribution in [2.24, 2.45) is 0 Å². The number of hydrogen-bond acceptors (Lipinski definition) is 4. The van der Waals surface area contributed by atoms with E-state index in [-0.39, 0.29) is 5.91 Å². The fraction of sp³-hybridized carbons (Fsp3) is 0.0667. The van der Waals surface area contributed by atoms with E-state index in [1.165, 1.54) is 11.3 Å². The molecule has 0 fully saturated rings. The molecule has 3 nitrogen and oxygen atoms in total. The first kappa shape index (κ1) is 14.7. The second-order valence-corrected chi connectivity index (χ2v) is 7.32. The van der Waals surface area contributed by atoms with E-state index < -0.39 is 0 Å². The van der Waals surface area contributed by atoms with Gasteiger partial charge in [-0.3, -0.25) is 4.79 Å². The number of carbonyl (C=O) groups is 1. The smallest absolute Gasteiger partial charge is 0.267 e. The largest absolute Gasteiger partial charge is 0.320 e. The summed E-state index contributed by atoms with van der Waals surface area (Å²) in [6.45, 7) is 1.87. The molecule has 6 heteroatoms. The lowest BCUT2D eigenvalue weighted by Crippen LogP contribution is -2.12. The van der Waals surface area contributed by atoms with Crippen LogP contribution in [0.3, 0.4) is 0 Å². The number of aryl methyl sites for hydroxylation is 1. The Hall–Kier alpha value is -1.25. The average molecular weight is 426 g/mol. The van der Waals surface area contributed by atoms with Crippen molar-refractivity contribution in [3.05, 3.63) is 55.2 Å². The average Bonchev–Trinajstić information content (AvgIpc) is 3.10. The van der Waals surface area contributed by atoms with Gasteiger partial charge in [0.25, 0.3) is 5.91 Å². The molecule has 0 spiro atoms. The van der Waals surface area contributed by atoms with E-state index in [1.54, 1.807) is 11.3 Å². The summed E-state index contributed by atoms with van der Waals surface area (Å²) in [4.78, 5) is 17.6. The second kappa shape index (κ2) is 6.25. The minimum absolute atomic E-state index is 0.101. The number of nitrogens with one attached hydrogen (secondary N) is 1. The molecular weight excluding hydrogens is 415 g/mol. The predicted molar refractivity (Wildman–Crippen MR) is 97.3 cm³/mol. The van der Waals surface area contributed by atoms with Gasteiger partial charge in [0, 0.05) is 14.5 Å². The quantitative estimate of drug-likeness (QED) is 0.597. The maximum atomic E-state index is 12.4. The van der Waals surface area contributed by atoms with Gasteiger partial charge in [0.15, 0.2) is 0 Å². The highest BCUT2D eigenvalue weighted by atomic mass is 127. The molecule has 0 radical (unpaired) electrons. The Morgan fingerprint density at radius 2 is 2.10 bits per heavy atom. The maximum Gasteiger partial charge on any atom is 0.267 e. The molecule has 21 heavy (non-hydrogen) atoms. The minimum atomic E-state index is -0.101. The normalized spacial score (nSPS) is 10.6. The number of carbonyl (C=O) groups excluding carboxylic acids is 1. The van der Waals surface area contributed by atoms with Crippen LogP contribution in [0.5, 0.6) is 0 Å². The summed E-state index contributed by atoms with van der Waals surface area (Å²) in [6, 6.07) is 9.74. The van der Waals surface area contributed by atoms with Crippen molar-refractivity contribution in [3.63, 3.8) is 0 Å². The molecule has 1 N–H and O–H groups in total. The van der Waals surface area contributed by atoms with Crippen LogP contribution in [0.25, 0.3) is 10.6 Å². The zero-order valence-corrected chi connectivity index (χ0v) is 14.9. The number of aromatic nitrogens is 1. The van der Waals surface area contributed by atoms with Crippen molar-refractivity contribution >= 4 is 56.9 Å². The number of benzene rings is 1. The van der Waals surface area contributed by atoms with Gasteiger partial charge in [-0.2, -0.15) is 11.3 Å². The summed E-state index contributed by atoms with van der Waals surface area (Å²) >= 11 is 5.27. The zero-order valence-electron chi connectivity index (χ0n) is 11.1. The fourth-order valence-electron chi connectivity index (χ4n) is 1.86. The molecule has 106 valence electrons. The molecular formula is C15H11IN2OS2. The lowest BCUT2D eigenvalue weighted by atomic mass is 10.3. The van der Waals surface area contributed by atoms with Gasteiger partial charge in [-0.05, 0) is 53.1 Å². The third-order valence-electron chi connectivity index (χ3n) is 2.89. The third kappa shape index (κ3) is 3.17. The molecule has 3 rings (SSSR count). The molecule has 0 atom stereocenters. The summed E-state index contributed by atoms with van der Waals surface area (Å²) in [5, 5.41) is 7.90.